The van der Waals surface area contributed by atoms with Crippen LogP contribution in [0.25, 0.3) is 0 Å². The molecule has 0 spiro atoms. The minimum absolute atomic E-state index is 0.277. The zero-order valence-electron chi connectivity index (χ0n) is 6.85. The van der Waals surface area contributed by atoms with Crippen molar-refractivity contribution in [2.75, 3.05) is 6.54 Å². The van der Waals surface area contributed by atoms with E-state index in [0.717, 1.165) is 0 Å². The summed E-state index contributed by atoms with van der Waals surface area (Å²) in [5.41, 5.74) is 4.94. The summed E-state index contributed by atoms with van der Waals surface area (Å²) < 4.78 is 0. The predicted octanol–water partition coefficient (Wildman–Crippen LogP) is 0.106. The molecule has 0 aromatic heterocycles. The fourth-order valence-corrected chi connectivity index (χ4v) is 0.497. The van der Waals surface area contributed by atoms with E-state index in [2.05, 4.69) is 19.2 Å². The fourth-order valence-electron chi connectivity index (χ4n) is 0.497. The average Bonchev–Trinajstić information content (AvgIpc) is 1.82. The highest BCUT2D eigenvalue weighted by atomic mass is 16.1. The van der Waals surface area contributed by atoms with Crippen molar-refractivity contribution in [1.29, 1.82) is 0 Å². The number of carbonyl (C=O) groups is 1. The molecule has 0 saturated carbocycles. The summed E-state index contributed by atoms with van der Waals surface area (Å²) in [5.74, 6) is 0.242. The van der Waals surface area contributed by atoms with Gasteiger partial charge in [0.25, 0.3) is 0 Å². The monoisotopic (exact) mass is 144 g/mol. The Morgan fingerprint density at radius 2 is 2.00 bits per heavy atom. The lowest BCUT2D eigenvalue weighted by atomic mass is 10.1. The molecule has 60 valence electrons. The molecule has 1 atom stereocenters. The number of nitrogens with one attached hydrogen (secondary N) is 1. The van der Waals surface area contributed by atoms with Gasteiger partial charge in [0.1, 0.15) is 0 Å². The summed E-state index contributed by atoms with van der Waals surface area (Å²) >= 11 is 0. The van der Waals surface area contributed by atoms with Gasteiger partial charge in [0.2, 0.25) is 5.91 Å². The van der Waals surface area contributed by atoms with Crippen molar-refractivity contribution in [1.82, 2.24) is 5.32 Å². The lowest BCUT2D eigenvalue weighted by molar-refractivity contribution is -0.117. The van der Waals surface area contributed by atoms with Crippen LogP contribution < -0.4 is 11.1 Å². The maximum atomic E-state index is 10.3. The summed E-state index contributed by atoms with van der Waals surface area (Å²) in [6, 6.07) is 0.354. The van der Waals surface area contributed by atoms with Gasteiger partial charge in [-0.05, 0) is 12.8 Å². The van der Waals surface area contributed by atoms with Gasteiger partial charge >= 0.3 is 0 Å². The molecule has 0 aliphatic carbocycles. The van der Waals surface area contributed by atoms with E-state index in [9.17, 15) is 4.79 Å². The van der Waals surface area contributed by atoms with Crippen LogP contribution in [0.2, 0.25) is 0 Å². The highest BCUT2D eigenvalue weighted by molar-refractivity contribution is 5.75. The van der Waals surface area contributed by atoms with Crippen molar-refractivity contribution in [3.63, 3.8) is 0 Å². The maximum Gasteiger partial charge on any atom is 0.231 e. The Kier molecular flexibility index (Phi) is 4.03. The van der Waals surface area contributed by atoms with E-state index in [1.54, 1.807) is 0 Å². The molecule has 3 nitrogen and oxygen atoms in total. The van der Waals surface area contributed by atoms with Crippen LogP contribution >= 0.6 is 0 Å². The maximum absolute atomic E-state index is 10.3. The van der Waals surface area contributed by atoms with E-state index in [1.807, 2.05) is 6.92 Å². The van der Waals surface area contributed by atoms with Crippen LogP contribution in [0.1, 0.15) is 20.8 Å². The van der Waals surface area contributed by atoms with Gasteiger partial charge in [0.05, 0.1) is 6.54 Å². The van der Waals surface area contributed by atoms with Gasteiger partial charge in [-0.15, -0.1) is 0 Å². The molecule has 0 aliphatic rings. The Bertz CT molecular complexity index is 112. The second-order valence-electron chi connectivity index (χ2n) is 2.88. The summed E-state index contributed by atoms with van der Waals surface area (Å²) in [4.78, 5) is 10.3. The van der Waals surface area contributed by atoms with Crippen molar-refractivity contribution in [3.05, 3.63) is 0 Å². The normalized spacial score (nSPS) is 13.6. The molecule has 3 heteroatoms. The highest BCUT2D eigenvalue weighted by Gasteiger charge is 2.05. The molecule has 0 radical (unpaired) electrons. The van der Waals surface area contributed by atoms with Crippen molar-refractivity contribution in [3.8, 4) is 0 Å². The Balaban J connectivity index is 3.39. The number of amides is 1. The van der Waals surface area contributed by atoms with Crippen molar-refractivity contribution in [2.24, 2.45) is 11.7 Å². The molecule has 3 N–H and O–H groups in total. The molecule has 0 aliphatic heterocycles. The Morgan fingerprint density at radius 1 is 1.50 bits per heavy atom. The minimum atomic E-state index is -0.299. The molecule has 0 bridgehead atoms. The molecular weight excluding hydrogens is 128 g/mol. The molecule has 10 heavy (non-hydrogen) atoms. The number of nitrogens with two attached hydrogens (primary N) is 1. The molecule has 0 aromatic carbocycles. The van der Waals surface area contributed by atoms with Gasteiger partial charge in [-0.3, -0.25) is 4.79 Å². The molecule has 0 heterocycles. The average molecular weight is 144 g/mol. The molecule has 0 aromatic rings. The number of hydrogen-bond donors (Lipinski definition) is 2. The topological polar surface area (TPSA) is 55.1 Å². The Hall–Kier alpha value is -0.570. The van der Waals surface area contributed by atoms with E-state index in [4.69, 9.17) is 5.73 Å². The van der Waals surface area contributed by atoms with Gasteiger partial charge in [0.15, 0.2) is 0 Å². The largest absolute Gasteiger partial charge is 0.369 e. The minimum Gasteiger partial charge on any atom is -0.369 e. The van der Waals surface area contributed by atoms with Gasteiger partial charge in [0, 0.05) is 6.04 Å². The van der Waals surface area contributed by atoms with E-state index < -0.39 is 0 Å². The zero-order valence-corrected chi connectivity index (χ0v) is 6.85. The van der Waals surface area contributed by atoms with Crippen LogP contribution in [0.15, 0.2) is 0 Å². The number of primary amides is 1. The third kappa shape index (κ3) is 4.32. The first-order valence-corrected chi connectivity index (χ1v) is 3.55. The van der Waals surface area contributed by atoms with Crippen LogP contribution in [0.4, 0.5) is 0 Å². The van der Waals surface area contributed by atoms with Crippen LogP contribution in [-0.4, -0.2) is 18.5 Å². The molecule has 0 saturated heterocycles. The third-order valence-corrected chi connectivity index (χ3v) is 1.60. The third-order valence-electron chi connectivity index (χ3n) is 1.60. The quantitative estimate of drug-likeness (QED) is 0.588. The number of rotatable bonds is 4. The first-order chi connectivity index (χ1) is 4.54. The lowest BCUT2D eigenvalue weighted by Crippen LogP contribution is -2.37. The van der Waals surface area contributed by atoms with Gasteiger partial charge in [-0.1, -0.05) is 13.8 Å². The second-order valence-corrected chi connectivity index (χ2v) is 2.88. The van der Waals surface area contributed by atoms with Crippen LogP contribution in [0, 0.1) is 5.92 Å². The Morgan fingerprint density at radius 3 is 2.30 bits per heavy atom. The van der Waals surface area contributed by atoms with Gasteiger partial charge in [-0.25, -0.2) is 0 Å². The van der Waals surface area contributed by atoms with E-state index in [-0.39, 0.29) is 12.5 Å². The van der Waals surface area contributed by atoms with E-state index in [0.29, 0.717) is 12.0 Å². The van der Waals surface area contributed by atoms with Crippen LogP contribution in [0.3, 0.4) is 0 Å². The van der Waals surface area contributed by atoms with Crippen molar-refractivity contribution < 1.29 is 4.79 Å². The standard InChI is InChI=1S/C7H16N2O/c1-5(2)6(3)9-4-7(8)10/h5-6,9H,4H2,1-3H3,(H2,8,10). The van der Waals surface area contributed by atoms with E-state index >= 15 is 0 Å². The lowest BCUT2D eigenvalue weighted by Gasteiger charge is -2.15. The van der Waals surface area contributed by atoms with Gasteiger partial charge in [-0.2, -0.15) is 0 Å². The Labute approximate surface area is 62.0 Å². The summed E-state index contributed by atoms with van der Waals surface area (Å²) in [6.07, 6.45) is 0. The van der Waals surface area contributed by atoms with Crippen LogP contribution in [-0.2, 0) is 4.79 Å². The van der Waals surface area contributed by atoms with E-state index in [1.165, 1.54) is 0 Å². The zero-order chi connectivity index (χ0) is 8.15. The number of carbonyl (C=O) groups excluding carboxylic acids is 1. The number of hydrogen-bond acceptors (Lipinski definition) is 2. The fraction of sp³-hybridized carbons (Fsp3) is 0.857. The first kappa shape index (κ1) is 9.43. The molecule has 0 rings (SSSR count). The molecule has 1 amide bonds. The molecular formula is C7H16N2O. The summed E-state index contributed by atoms with van der Waals surface area (Å²) in [5, 5.41) is 3.01. The van der Waals surface area contributed by atoms with Crippen LogP contribution in [0.5, 0.6) is 0 Å². The smallest absolute Gasteiger partial charge is 0.231 e. The van der Waals surface area contributed by atoms with Crippen molar-refractivity contribution >= 4 is 5.91 Å². The van der Waals surface area contributed by atoms with Crippen molar-refractivity contribution in [2.45, 2.75) is 26.8 Å². The molecule has 0 fully saturated rings. The predicted molar refractivity (Wildman–Crippen MR) is 41.5 cm³/mol. The first-order valence-electron chi connectivity index (χ1n) is 3.55. The SMILES string of the molecule is CC(C)C(C)NCC(N)=O. The molecule has 1 unspecified atom stereocenters. The summed E-state index contributed by atoms with van der Waals surface area (Å²) in [6.45, 7) is 6.50. The summed E-state index contributed by atoms with van der Waals surface area (Å²) in [7, 11) is 0. The highest BCUT2D eigenvalue weighted by Crippen LogP contribution is 1.98. The van der Waals surface area contributed by atoms with Gasteiger partial charge < -0.3 is 11.1 Å². The second kappa shape index (κ2) is 4.28.